The van der Waals surface area contributed by atoms with E-state index in [0.717, 1.165) is 24.8 Å². The van der Waals surface area contributed by atoms with Gasteiger partial charge < -0.3 is 15.5 Å². The fourth-order valence-corrected chi connectivity index (χ4v) is 6.25. The molecule has 222 valence electrons. The van der Waals surface area contributed by atoms with Crippen LogP contribution in [0.4, 0.5) is 0 Å². The van der Waals surface area contributed by atoms with Gasteiger partial charge in [-0.25, -0.2) is 8.42 Å². The first-order chi connectivity index (χ1) is 19.4. The van der Waals surface area contributed by atoms with Crippen molar-refractivity contribution in [3.05, 3.63) is 83.6 Å². The third kappa shape index (κ3) is 9.74. The molecule has 2 aromatic carbocycles. The van der Waals surface area contributed by atoms with E-state index >= 15 is 0 Å². The van der Waals surface area contributed by atoms with Crippen LogP contribution in [0.5, 0.6) is 0 Å². The predicted molar refractivity (Wildman–Crippen MR) is 162 cm³/mol. The summed E-state index contributed by atoms with van der Waals surface area (Å²) in [4.78, 5) is 15.7. The van der Waals surface area contributed by atoms with E-state index in [1.165, 1.54) is 16.9 Å². The highest BCUT2D eigenvalue weighted by Gasteiger charge is 2.27. The third-order valence-corrected chi connectivity index (χ3v) is 9.15. The summed E-state index contributed by atoms with van der Waals surface area (Å²) in [6.07, 6.45) is 2.86. The molecule has 0 fully saturated rings. The molecule has 0 saturated carbocycles. The van der Waals surface area contributed by atoms with Gasteiger partial charge in [-0.15, -0.1) is 0 Å². The second-order valence-electron chi connectivity index (χ2n) is 11.1. The number of aromatic nitrogens is 1. The first-order valence-corrected chi connectivity index (χ1v) is 15.6. The molecule has 3 N–H and O–H groups in total. The number of aryl methyl sites for hydroxylation is 3. The van der Waals surface area contributed by atoms with Gasteiger partial charge in [0.1, 0.15) is 0 Å². The van der Waals surface area contributed by atoms with Crippen LogP contribution in [0.1, 0.15) is 56.9 Å². The number of pyridine rings is 1. The van der Waals surface area contributed by atoms with E-state index in [0.29, 0.717) is 29.8 Å². The minimum Gasteiger partial charge on any atom is -0.481 e. The standard InChI is InChI=1S/C32H43N3O5S/c1-5-25-21-26(29-15-9-14-27(34-29)17-19-31(37)38)16-18-30(25)41(39,40)35(4)23-28(36)22-33-32(2,3)20-10-13-24-11-7-6-8-12-24/h6-9,11-12,14-16,18,21,28,33,36H,5,10,13,17,19-20,22-23H2,1-4H3,(H,37,38)/t28-/m1/s1. The zero-order valence-corrected chi connectivity index (χ0v) is 25.3. The Morgan fingerprint density at radius 3 is 2.46 bits per heavy atom. The molecule has 1 heterocycles. The van der Waals surface area contributed by atoms with E-state index in [2.05, 4.69) is 36.3 Å². The first kappa shape index (κ1) is 32.4. The third-order valence-electron chi connectivity index (χ3n) is 7.22. The molecule has 0 aliphatic carbocycles. The van der Waals surface area contributed by atoms with Gasteiger partial charge in [0.2, 0.25) is 10.0 Å². The topological polar surface area (TPSA) is 120 Å². The van der Waals surface area contributed by atoms with Gasteiger partial charge in [0.15, 0.2) is 0 Å². The number of carbonyl (C=O) groups is 1. The molecule has 41 heavy (non-hydrogen) atoms. The van der Waals surface area contributed by atoms with Gasteiger partial charge in [-0.3, -0.25) is 9.78 Å². The number of likely N-dealkylation sites (N-methyl/N-ethyl adjacent to an activating group) is 1. The van der Waals surface area contributed by atoms with Gasteiger partial charge >= 0.3 is 5.97 Å². The second kappa shape index (κ2) is 14.7. The number of hydrogen-bond acceptors (Lipinski definition) is 6. The Morgan fingerprint density at radius 1 is 1.05 bits per heavy atom. The highest BCUT2D eigenvalue weighted by atomic mass is 32.2. The first-order valence-electron chi connectivity index (χ1n) is 14.2. The molecule has 0 aliphatic heterocycles. The van der Waals surface area contributed by atoms with Gasteiger partial charge in [-0.05, 0) is 74.9 Å². The number of nitrogens with zero attached hydrogens (tertiary/aromatic N) is 2. The molecule has 0 saturated heterocycles. The van der Waals surface area contributed by atoms with Crippen molar-refractivity contribution < 1.29 is 23.4 Å². The van der Waals surface area contributed by atoms with Crippen LogP contribution in [-0.2, 0) is 34.1 Å². The van der Waals surface area contributed by atoms with E-state index < -0.39 is 22.1 Å². The van der Waals surface area contributed by atoms with Crippen molar-refractivity contribution in [2.75, 3.05) is 20.1 Å². The lowest BCUT2D eigenvalue weighted by Gasteiger charge is -2.29. The van der Waals surface area contributed by atoms with Gasteiger partial charge in [0.05, 0.1) is 23.1 Å². The fraction of sp³-hybridized carbons (Fsp3) is 0.438. The summed E-state index contributed by atoms with van der Waals surface area (Å²) in [6, 6.07) is 20.9. The maximum Gasteiger partial charge on any atom is 0.303 e. The second-order valence-corrected chi connectivity index (χ2v) is 13.1. The van der Waals surface area contributed by atoms with Gasteiger partial charge in [0, 0.05) is 43.4 Å². The zero-order chi connectivity index (χ0) is 30.0. The summed E-state index contributed by atoms with van der Waals surface area (Å²) < 4.78 is 28.2. The molecule has 8 nitrogen and oxygen atoms in total. The normalized spacial score (nSPS) is 12.9. The lowest BCUT2D eigenvalue weighted by atomic mass is 9.95. The van der Waals surface area contributed by atoms with E-state index in [9.17, 15) is 18.3 Å². The van der Waals surface area contributed by atoms with Gasteiger partial charge in [-0.1, -0.05) is 49.4 Å². The average Bonchev–Trinajstić information content (AvgIpc) is 2.95. The van der Waals surface area contributed by atoms with Crippen LogP contribution in [0.15, 0.2) is 71.6 Å². The molecular formula is C32H43N3O5S. The Labute approximate surface area is 244 Å². The highest BCUT2D eigenvalue weighted by Crippen LogP contribution is 2.27. The molecule has 3 aromatic rings. The molecule has 1 atom stereocenters. The fourth-order valence-electron chi connectivity index (χ4n) is 4.77. The van der Waals surface area contributed by atoms with Crippen LogP contribution in [-0.4, -0.2) is 65.7 Å². The minimum absolute atomic E-state index is 0.00664. The van der Waals surface area contributed by atoms with E-state index in [-0.39, 0.29) is 29.9 Å². The Morgan fingerprint density at radius 2 is 1.78 bits per heavy atom. The molecule has 0 radical (unpaired) electrons. The number of benzene rings is 2. The zero-order valence-electron chi connectivity index (χ0n) is 24.5. The van der Waals surface area contributed by atoms with Crippen LogP contribution in [0, 0.1) is 0 Å². The van der Waals surface area contributed by atoms with Crippen LogP contribution >= 0.6 is 0 Å². The van der Waals surface area contributed by atoms with Crippen molar-refractivity contribution in [2.24, 2.45) is 0 Å². The number of rotatable bonds is 16. The average molecular weight is 582 g/mol. The van der Waals surface area contributed by atoms with Crippen LogP contribution < -0.4 is 5.32 Å². The Balaban J connectivity index is 1.61. The van der Waals surface area contributed by atoms with Crippen molar-refractivity contribution in [3.8, 4) is 11.3 Å². The highest BCUT2D eigenvalue weighted by molar-refractivity contribution is 7.89. The summed E-state index contributed by atoms with van der Waals surface area (Å²) in [5.41, 5.74) is 3.85. The number of aliphatic hydroxyl groups is 1. The van der Waals surface area contributed by atoms with E-state index in [4.69, 9.17) is 5.11 Å². The number of aliphatic hydroxyl groups excluding tert-OH is 1. The summed E-state index contributed by atoms with van der Waals surface area (Å²) >= 11 is 0. The van der Waals surface area contributed by atoms with Crippen LogP contribution in [0.3, 0.4) is 0 Å². The summed E-state index contributed by atoms with van der Waals surface area (Å²) in [7, 11) is -2.35. The van der Waals surface area contributed by atoms with Crippen molar-refractivity contribution in [3.63, 3.8) is 0 Å². The minimum atomic E-state index is -3.84. The monoisotopic (exact) mass is 581 g/mol. The summed E-state index contributed by atoms with van der Waals surface area (Å²) in [6.45, 7) is 6.33. The molecule has 0 bridgehead atoms. The van der Waals surface area contributed by atoms with Crippen molar-refractivity contribution in [2.45, 2.75) is 75.8 Å². The number of sulfonamides is 1. The van der Waals surface area contributed by atoms with Crippen LogP contribution in [0.2, 0.25) is 0 Å². The number of aliphatic carboxylic acids is 1. The predicted octanol–water partition coefficient (Wildman–Crippen LogP) is 4.70. The van der Waals surface area contributed by atoms with Gasteiger partial charge in [0.25, 0.3) is 0 Å². The molecule has 3 rings (SSSR count). The number of nitrogens with one attached hydrogen (secondary N) is 1. The van der Waals surface area contributed by atoms with Crippen molar-refractivity contribution >= 4 is 16.0 Å². The van der Waals surface area contributed by atoms with Gasteiger partial charge in [-0.2, -0.15) is 4.31 Å². The molecule has 0 aliphatic rings. The quantitative estimate of drug-likeness (QED) is 0.224. The summed E-state index contributed by atoms with van der Waals surface area (Å²) in [5.74, 6) is -0.882. The number of hydrogen-bond donors (Lipinski definition) is 3. The maximum absolute atomic E-state index is 13.5. The largest absolute Gasteiger partial charge is 0.481 e. The lowest BCUT2D eigenvalue weighted by molar-refractivity contribution is -0.136. The molecular weight excluding hydrogens is 538 g/mol. The molecule has 0 amide bonds. The SMILES string of the molecule is CCc1cc(-c2cccc(CCC(=O)O)n2)ccc1S(=O)(=O)N(C)C[C@H](O)CNC(C)(C)CCCc1ccccc1. The molecule has 0 unspecified atom stereocenters. The number of carboxylic acids is 1. The number of carboxylic acid groups (broad SMARTS) is 1. The maximum atomic E-state index is 13.5. The molecule has 9 heteroatoms. The van der Waals surface area contributed by atoms with Crippen molar-refractivity contribution in [1.82, 2.24) is 14.6 Å². The smallest absolute Gasteiger partial charge is 0.303 e. The Kier molecular flexibility index (Phi) is 11.6. The van der Waals surface area contributed by atoms with Crippen LogP contribution in [0.25, 0.3) is 11.3 Å². The van der Waals surface area contributed by atoms with E-state index in [1.807, 2.05) is 43.3 Å². The molecule has 1 aromatic heterocycles. The van der Waals surface area contributed by atoms with Crippen molar-refractivity contribution in [1.29, 1.82) is 0 Å². The Bertz CT molecular complexity index is 1390. The summed E-state index contributed by atoms with van der Waals surface area (Å²) in [5, 5.41) is 23.1. The molecule has 0 spiro atoms. The lowest BCUT2D eigenvalue weighted by Crippen LogP contribution is -2.46. The Hall–Kier alpha value is -3.11. The van der Waals surface area contributed by atoms with E-state index in [1.54, 1.807) is 18.2 Å². The number of β-amino-alcohol motifs (C(OH)–C–C–N with tert-alkyl or cyclic N) is 1.